The molecule has 0 fully saturated rings. The van der Waals surface area contributed by atoms with Gasteiger partial charge in [-0.2, -0.15) is 0 Å². The summed E-state index contributed by atoms with van der Waals surface area (Å²) in [5.74, 6) is -1.85. The number of ketones is 1. The highest BCUT2D eigenvalue weighted by Gasteiger charge is 2.27. The van der Waals surface area contributed by atoms with Crippen molar-refractivity contribution >= 4 is 11.9 Å². The average molecular weight is 567 g/mol. The first-order valence-electron chi connectivity index (χ1n) is 13.6. The molecule has 7 heteroatoms. The Balaban J connectivity index is 1.65. The topological polar surface area (TPSA) is 127 Å². The molecule has 4 aromatic carbocycles. The van der Waals surface area contributed by atoms with E-state index in [1.165, 1.54) is 43.5 Å². The van der Waals surface area contributed by atoms with Crippen LogP contribution in [0.3, 0.4) is 0 Å². The second-order valence-corrected chi connectivity index (χ2v) is 9.94. The van der Waals surface area contributed by atoms with Gasteiger partial charge in [0.1, 0.15) is 34.3 Å². The van der Waals surface area contributed by atoms with Crippen LogP contribution in [0.4, 0.5) is 0 Å². The number of aliphatic hydroxyl groups excluding tert-OH is 1. The summed E-state index contributed by atoms with van der Waals surface area (Å²) in [6.07, 6.45) is 7.36. The number of phenolic OH excluding ortho intramolecular Hbond substituents is 4. The lowest BCUT2D eigenvalue weighted by Crippen LogP contribution is -2.08. The number of benzene rings is 4. The van der Waals surface area contributed by atoms with Crippen molar-refractivity contribution < 1.29 is 35.1 Å². The third-order valence-corrected chi connectivity index (χ3v) is 6.98. The van der Waals surface area contributed by atoms with E-state index in [9.17, 15) is 30.3 Å². The van der Waals surface area contributed by atoms with Crippen LogP contribution < -0.4 is 4.74 Å². The number of carbonyl (C=O) groups excluding carboxylic acids is 1. The summed E-state index contributed by atoms with van der Waals surface area (Å²) in [5.41, 5.74) is 2.39. The van der Waals surface area contributed by atoms with Crippen molar-refractivity contribution in [2.75, 3.05) is 7.11 Å². The Morgan fingerprint density at radius 2 is 1.52 bits per heavy atom. The standard InChI is InChI=1S/C35H34O7/c1-42-32-22-31(40)33(35(41)34(32)30(39)21-13-24-11-17-27(37)18-12-24)29(25-14-19-28(38)20-15-25)9-5-8-26(36)16-10-23-6-3-2-4-7-23/h2-7,9,11-15,17-22,26,29,36-38,40-41H,8,10,16H2,1H3/b9-5+,21-13+. The zero-order chi connectivity index (χ0) is 30.1. The molecule has 5 N–H and O–H groups in total. The maximum absolute atomic E-state index is 13.3. The van der Waals surface area contributed by atoms with E-state index < -0.39 is 23.6 Å². The highest BCUT2D eigenvalue weighted by molar-refractivity contribution is 6.11. The highest BCUT2D eigenvalue weighted by atomic mass is 16.5. The van der Waals surface area contributed by atoms with Crippen LogP contribution in [-0.4, -0.2) is 44.5 Å². The molecule has 0 aliphatic carbocycles. The number of aryl methyl sites for hydroxylation is 1. The van der Waals surface area contributed by atoms with Crippen molar-refractivity contribution in [2.24, 2.45) is 0 Å². The Bertz CT molecular complexity index is 1540. The van der Waals surface area contributed by atoms with Crippen molar-refractivity contribution in [1.29, 1.82) is 0 Å². The summed E-state index contributed by atoms with van der Waals surface area (Å²) in [7, 11) is 1.34. The van der Waals surface area contributed by atoms with Gasteiger partial charge in [-0.3, -0.25) is 4.79 Å². The minimum absolute atomic E-state index is 0.00104. The molecule has 0 radical (unpaired) electrons. The van der Waals surface area contributed by atoms with Gasteiger partial charge in [0.15, 0.2) is 5.78 Å². The molecular weight excluding hydrogens is 532 g/mol. The quantitative estimate of drug-likeness (QED) is 0.0754. The van der Waals surface area contributed by atoms with Gasteiger partial charge in [-0.1, -0.05) is 72.8 Å². The maximum Gasteiger partial charge on any atom is 0.193 e. The first-order chi connectivity index (χ1) is 20.3. The van der Waals surface area contributed by atoms with Gasteiger partial charge < -0.3 is 30.3 Å². The number of rotatable bonds is 12. The smallest absolute Gasteiger partial charge is 0.193 e. The molecule has 42 heavy (non-hydrogen) atoms. The minimum Gasteiger partial charge on any atom is -0.508 e. The number of allylic oxidation sites excluding steroid dienone is 2. The number of hydrogen-bond donors (Lipinski definition) is 5. The fourth-order valence-corrected chi connectivity index (χ4v) is 4.72. The highest BCUT2D eigenvalue weighted by Crippen LogP contribution is 2.45. The maximum atomic E-state index is 13.3. The largest absolute Gasteiger partial charge is 0.508 e. The molecule has 2 unspecified atom stereocenters. The molecule has 4 rings (SSSR count). The lowest BCUT2D eigenvalue weighted by molar-refractivity contribution is 0.104. The number of phenols is 4. The van der Waals surface area contributed by atoms with Crippen LogP contribution in [0.1, 0.15) is 51.4 Å². The van der Waals surface area contributed by atoms with Gasteiger partial charge in [-0.15, -0.1) is 0 Å². The summed E-state index contributed by atoms with van der Waals surface area (Å²) < 4.78 is 5.34. The molecule has 0 aliphatic heterocycles. The second kappa shape index (κ2) is 14.1. The van der Waals surface area contributed by atoms with Gasteiger partial charge >= 0.3 is 0 Å². The molecule has 0 amide bonds. The normalized spacial score (nSPS) is 12.9. The Morgan fingerprint density at radius 1 is 0.881 bits per heavy atom. The average Bonchev–Trinajstić information content (AvgIpc) is 2.99. The van der Waals surface area contributed by atoms with Crippen molar-refractivity contribution in [3.63, 3.8) is 0 Å². The third-order valence-electron chi connectivity index (χ3n) is 6.98. The van der Waals surface area contributed by atoms with E-state index in [4.69, 9.17) is 4.74 Å². The van der Waals surface area contributed by atoms with Crippen molar-refractivity contribution in [3.8, 4) is 28.7 Å². The summed E-state index contributed by atoms with van der Waals surface area (Å²) in [4.78, 5) is 13.3. The van der Waals surface area contributed by atoms with Crippen molar-refractivity contribution in [3.05, 3.63) is 131 Å². The van der Waals surface area contributed by atoms with E-state index in [1.807, 2.05) is 30.3 Å². The van der Waals surface area contributed by atoms with Gasteiger partial charge in [-0.05, 0) is 66.3 Å². The predicted octanol–water partition coefficient (Wildman–Crippen LogP) is 6.49. The lowest BCUT2D eigenvalue weighted by Gasteiger charge is -2.20. The van der Waals surface area contributed by atoms with Crippen molar-refractivity contribution in [1.82, 2.24) is 0 Å². The molecule has 7 nitrogen and oxygen atoms in total. The summed E-state index contributed by atoms with van der Waals surface area (Å²) >= 11 is 0. The molecule has 0 bridgehead atoms. The number of carbonyl (C=O) groups is 1. The molecule has 0 saturated heterocycles. The van der Waals surface area contributed by atoms with Crippen LogP contribution >= 0.6 is 0 Å². The van der Waals surface area contributed by atoms with E-state index >= 15 is 0 Å². The van der Waals surface area contributed by atoms with Gasteiger partial charge in [0, 0.05) is 17.5 Å². The van der Waals surface area contributed by atoms with Crippen LogP contribution in [0.2, 0.25) is 0 Å². The minimum atomic E-state index is -0.717. The number of hydrogen-bond acceptors (Lipinski definition) is 7. The lowest BCUT2D eigenvalue weighted by atomic mass is 9.86. The van der Waals surface area contributed by atoms with Gasteiger partial charge in [0.05, 0.1) is 13.2 Å². The first kappa shape index (κ1) is 30.0. The molecular formula is C35H34O7. The van der Waals surface area contributed by atoms with Gasteiger partial charge in [0.2, 0.25) is 0 Å². The third kappa shape index (κ3) is 7.59. The van der Waals surface area contributed by atoms with E-state index in [0.29, 0.717) is 24.0 Å². The number of aliphatic hydroxyl groups is 1. The zero-order valence-corrected chi connectivity index (χ0v) is 23.2. The molecule has 0 spiro atoms. The molecule has 0 aliphatic rings. The van der Waals surface area contributed by atoms with E-state index in [1.54, 1.807) is 42.5 Å². The Labute approximate surface area is 244 Å². The van der Waals surface area contributed by atoms with Gasteiger partial charge in [-0.25, -0.2) is 0 Å². The molecule has 0 heterocycles. The van der Waals surface area contributed by atoms with E-state index in [0.717, 1.165) is 12.0 Å². The zero-order valence-electron chi connectivity index (χ0n) is 23.2. The summed E-state index contributed by atoms with van der Waals surface area (Å²) in [5, 5.41) is 52.4. The van der Waals surface area contributed by atoms with Crippen molar-refractivity contribution in [2.45, 2.75) is 31.3 Å². The SMILES string of the molecule is COc1cc(O)c(C(/C=C/CC(O)CCc2ccccc2)c2ccc(O)cc2)c(O)c1C(=O)/C=C/c1ccc(O)cc1. The second-order valence-electron chi connectivity index (χ2n) is 9.94. The van der Waals surface area contributed by atoms with Gasteiger partial charge in [0.25, 0.3) is 0 Å². The number of aromatic hydroxyl groups is 4. The van der Waals surface area contributed by atoms with Crippen LogP contribution in [0.25, 0.3) is 6.08 Å². The summed E-state index contributed by atoms with van der Waals surface area (Å²) in [6, 6.07) is 23.7. The Hall–Kier alpha value is -5.01. The van der Waals surface area contributed by atoms with E-state index in [2.05, 4.69) is 0 Å². The first-order valence-corrected chi connectivity index (χ1v) is 13.6. The number of methoxy groups -OCH3 is 1. The monoisotopic (exact) mass is 566 g/mol. The molecule has 216 valence electrons. The summed E-state index contributed by atoms with van der Waals surface area (Å²) in [6.45, 7) is 0. The fraction of sp³-hybridized carbons (Fsp3) is 0.171. The molecule has 4 aromatic rings. The Morgan fingerprint density at radius 3 is 2.17 bits per heavy atom. The molecule has 0 aromatic heterocycles. The molecule has 2 atom stereocenters. The number of ether oxygens (including phenoxy) is 1. The van der Waals surface area contributed by atoms with Crippen LogP contribution in [-0.2, 0) is 6.42 Å². The molecule has 0 saturated carbocycles. The van der Waals surface area contributed by atoms with E-state index in [-0.39, 0.29) is 34.1 Å². The van der Waals surface area contributed by atoms with Crippen LogP contribution in [0.15, 0.2) is 103 Å². The Kier molecular flexibility index (Phi) is 10.0. The van der Waals surface area contributed by atoms with Crippen LogP contribution in [0.5, 0.6) is 28.7 Å². The van der Waals surface area contributed by atoms with Crippen LogP contribution in [0, 0.1) is 0 Å². The fourth-order valence-electron chi connectivity index (χ4n) is 4.72. The predicted molar refractivity (Wildman–Crippen MR) is 162 cm³/mol.